The first-order valence-corrected chi connectivity index (χ1v) is 7.91. The lowest BCUT2D eigenvalue weighted by Crippen LogP contribution is -2.12. The number of rotatable bonds is 3. The summed E-state index contributed by atoms with van der Waals surface area (Å²) < 4.78 is 0. The van der Waals surface area contributed by atoms with Gasteiger partial charge in [0.05, 0.1) is 0 Å². The molecule has 3 heteroatoms. The van der Waals surface area contributed by atoms with Gasteiger partial charge in [0.15, 0.2) is 0 Å². The Balaban J connectivity index is 1.75. The van der Waals surface area contributed by atoms with Crippen molar-refractivity contribution < 1.29 is 0 Å². The van der Waals surface area contributed by atoms with Crippen molar-refractivity contribution in [2.45, 2.75) is 44.6 Å². The number of aromatic nitrogens is 1. The number of aryl methyl sites for hydroxylation is 2. The van der Waals surface area contributed by atoms with Crippen LogP contribution in [0.3, 0.4) is 0 Å². The zero-order chi connectivity index (χ0) is 13.1. The van der Waals surface area contributed by atoms with E-state index in [9.17, 15) is 0 Å². The molecule has 2 nitrogen and oxygen atoms in total. The van der Waals surface area contributed by atoms with Crippen LogP contribution in [0.15, 0.2) is 30.5 Å². The number of fused-ring (bicyclic) bond motifs is 1. The maximum atomic E-state index is 6.35. The Morgan fingerprint density at radius 3 is 2.95 bits per heavy atom. The fourth-order valence-corrected chi connectivity index (χ4v) is 3.98. The van der Waals surface area contributed by atoms with Gasteiger partial charge in [-0.1, -0.05) is 12.5 Å². The van der Waals surface area contributed by atoms with Crippen molar-refractivity contribution in [1.29, 1.82) is 0 Å². The highest BCUT2D eigenvalue weighted by Gasteiger charge is 2.16. The summed E-state index contributed by atoms with van der Waals surface area (Å²) in [6, 6.07) is 8.46. The van der Waals surface area contributed by atoms with E-state index < -0.39 is 0 Å². The van der Waals surface area contributed by atoms with Crippen molar-refractivity contribution in [2.24, 2.45) is 5.73 Å². The number of thiophene rings is 1. The molecule has 2 aromatic heterocycles. The number of nitrogens with two attached hydrogens (primary N) is 1. The molecule has 0 saturated heterocycles. The first kappa shape index (κ1) is 12.8. The highest BCUT2D eigenvalue weighted by Crippen LogP contribution is 2.32. The van der Waals surface area contributed by atoms with Gasteiger partial charge in [-0.3, -0.25) is 4.98 Å². The van der Waals surface area contributed by atoms with E-state index in [-0.39, 0.29) is 6.04 Å². The van der Waals surface area contributed by atoms with E-state index >= 15 is 0 Å². The van der Waals surface area contributed by atoms with Crippen LogP contribution in [0.5, 0.6) is 0 Å². The number of hydrogen-bond donors (Lipinski definition) is 1. The number of pyridine rings is 1. The lowest BCUT2D eigenvalue weighted by atomic mass is 10.1. The molecule has 100 valence electrons. The Morgan fingerprint density at radius 1 is 1.21 bits per heavy atom. The third kappa shape index (κ3) is 3.04. The van der Waals surface area contributed by atoms with E-state index in [4.69, 9.17) is 5.73 Å². The molecule has 0 aliphatic heterocycles. The SMILES string of the molecule is NC(Cc1ccccn1)c1cc2c(s1)CCCCC2. The van der Waals surface area contributed by atoms with Crippen LogP contribution >= 0.6 is 11.3 Å². The van der Waals surface area contributed by atoms with Gasteiger partial charge in [0.25, 0.3) is 0 Å². The van der Waals surface area contributed by atoms with Gasteiger partial charge in [-0.15, -0.1) is 11.3 Å². The van der Waals surface area contributed by atoms with Crippen LogP contribution in [0.25, 0.3) is 0 Å². The van der Waals surface area contributed by atoms with Crippen molar-refractivity contribution in [3.05, 3.63) is 51.5 Å². The maximum absolute atomic E-state index is 6.35. The fourth-order valence-electron chi connectivity index (χ4n) is 2.72. The van der Waals surface area contributed by atoms with Crippen molar-refractivity contribution in [1.82, 2.24) is 4.98 Å². The van der Waals surface area contributed by atoms with Gasteiger partial charge in [0, 0.05) is 34.1 Å². The third-order valence-electron chi connectivity index (χ3n) is 3.79. The van der Waals surface area contributed by atoms with E-state index in [0.717, 1.165) is 12.1 Å². The molecule has 0 saturated carbocycles. The zero-order valence-electron chi connectivity index (χ0n) is 11.1. The average Bonchev–Trinajstić information content (AvgIpc) is 2.72. The lowest BCUT2D eigenvalue weighted by molar-refractivity contribution is 0.706. The van der Waals surface area contributed by atoms with Crippen LogP contribution in [0.1, 0.15) is 46.3 Å². The highest BCUT2D eigenvalue weighted by molar-refractivity contribution is 7.12. The molecule has 2 N–H and O–H groups in total. The summed E-state index contributed by atoms with van der Waals surface area (Å²) in [6.45, 7) is 0. The molecule has 1 aliphatic rings. The van der Waals surface area contributed by atoms with Crippen LogP contribution in [-0.2, 0) is 19.3 Å². The summed E-state index contributed by atoms with van der Waals surface area (Å²) in [5.41, 5.74) is 8.98. The molecular weight excluding hydrogens is 252 g/mol. The van der Waals surface area contributed by atoms with E-state index in [1.54, 1.807) is 10.4 Å². The maximum Gasteiger partial charge on any atom is 0.0446 e. The summed E-state index contributed by atoms with van der Waals surface area (Å²) >= 11 is 1.92. The van der Waals surface area contributed by atoms with Crippen molar-refractivity contribution in [3.8, 4) is 0 Å². The van der Waals surface area contributed by atoms with Crippen molar-refractivity contribution in [3.63, 3.8) is 0 Å². The molecule has 0 aromatic carbocycles. The van der Waals surface area contributed by atoms with Gasteiger partial charge in [0.2, 0.25) is 0 Å². The molecule has 0 amide bonds. The van der Waals surface area contributed by atoms with Crippen LogP contribution < -0.4 is 5.73 Å². The van der Waals surface area contributed by atoms with Crippen LogP contribution in [-0.4, -0.2) is 4.98 Å². The number of hydrogen-bond acceptors (Lipinski definition) is 3. The van der Waals surface area contributed by atoms with Gasteiger partial charge >= 0.3 is 0 Å². The van der Waals surface area contributed by atoms with Gasteiger partial charge in [-0.25, -0.2) is 0 Å². The standard InChI is InChI=1S/C16H20N2S/c17-14(11-13-7-4-5-9-18-13)16-10-12-6-2-1-3-8-15(12)19-16/h4-5,7,9-10,14H,1-3,6,8,11,17H2. The normalized spacial score (nSPS) is 16.7. The van der Waals surface area contributed by atoms with Gasteiger partial charge in [-0.2, -0.15) is 0 Å². The molecular formula is C16H20N2S. The summed E-state index contributed by atoms with van der Waals surface area (Å²) in [5.74, 6) is 0. The van der Waals surface area contributed by atoms with Gasteiger partial charge in [-0.05, 0) is 49.4 Å². The Hall–Kier alpha value is -1.19. The second-order valence-corrected chi connectivity index (χ2v) is 6.46. The van der Waals surface area contributed by atoms with E-state index in [2.05, 4.69) is 17.1 Å². The van der Waals surface area contributed by atoms with Crippen LogP contribution in [0, 0.1) is 0 Å². The molecule has 1 aliphatic carbocycles. The minimum atomic E-state index is 0.0897. The van der Waals surface area contributed by atoms with Crippen LogP contribution in [0.4, 0.5) is 0 Å². The first-order valence-electron chi connectivity index (χ1n) is 7.10. The van der Waals surface area contributed by atoms with E-state index in [1.807, 2.05) is 29.7 Å². The Labute approximate surface area is 118 Å². The van der Waals surface area contributed by atoms with Gasteiger partial charge < -0.3 is 5.73 Å². The molecule has 2 heterocycles. The molecule has 2 aromatic rings. The zero-order valence-corrected chi connectivity index (χ0v) is 12.0. The topological polar surface area (TPSA) is 38.9 Å². The molecule has 0 radical (unpaired) electrons. The predicted molar refractivity (Wildman–Crippen MR) is 80.4 cm³/mol. The molecule has 3 rings (SSSR count). The summed E-state index contributed by atoms with van der Waals surface area (Å²) in [7, 11) is 0. The second-order valence-electron chi connectivity index (χ2n) is 5.29. The second kappa shape index (κ2) is 5.85. The molecule has 0 spiro atoms. The summed E-state index contributed by atoms with van der Waals surface area (Å²) in [6.07, 6.45) is 9.20. The van der Waals surface area contributed by atoms with Crippen LogP contribution in [0.2, 0.25) is 0 Å². The average molecular weight is 272 g/mol. The Morgan fingerprint density at radius 2 is 2.11 bits per heavy atom. The minimum absolute atomic E-state index is 0.0897. The fraction of sp³-hybridized carbons (Fsp3) is 0.438. The van der Waals surface area contributed by atoms with Gasteiger partial charge in [0.1, 0.15) is 0 Å². The number of nitrogens with zero attached hydrogens (tertiary/aromatic N) is 1. The van der Waals surface area contributed by atoms with E-state index in [0.29, 0.717) is 0 Å². The molecule has 1 atom stereocenters. The Kier molecular flexibility index (Phi) is 3.95. The van der Waals surface area contributed by atoms with Crippen molar-refractivity contribution >= 4 is 11.3 Å². The lowest BCUT2D eigenvalue weighted by Gasteiger charge is -2.08. The van der Waals surface area contributed by atoms with E-state index in [1.165, 1.54) is 37.0 Å². The smallest absolute Gasteiger partial charge is 0.0446 e. The summed E-state index contributed by atoms with van der Waals surface area (Å²) in [4.78, 5) is 7.27. The summed E-state index contributed by atoms with van der Waals surface area (Å²) in [5, 5.41) is 0. The molecule has 19 heavy (non-hydrogen) atoms. The van der Waals surface area contributed by atoms with Crippen molar-refractivity contribution in [2.75, 3.05) is 0 Å². The molecule has 0 bridgehead atoms. The quantitative estimate of drug-likeness (QED) is 0.866. The predicted octanol–water partition coefficient (Wildman–Crippen LogP) is 3.65. The Bertz CT molecular complexity index is 509. The first-order chi connectivity index (χ1) is 9.33. The monoisotopic (exact) mass is 272 g/mol. The largest absolute Gasteiger partial charge is 0.323 e. The minimum Gasteiger partial charge on any atom is -0.323 e. The third-order valence-corrected chi connectivity index (χ3v) is 5.16. The highest BCUT2D eigenvalue weighted by atomic mass is 32.1. The molecule has 0 fully saturated rings. The molecule has 1 unspecified atom stereocenters.